The first kappa shape index (κ1) is 16.4. The van der Waals surface area contributed by atoms with Crippen molar-refractivity contribution in [1.82, 2.24) is 0 Å². The van der Waals surface area contributed by atoms with Crippen molar-refractivity contribution in [3.63, 3.8) is 0 Å². The Bertz CT molecular complexity index is 762. The lowest BCUT2D eigenvalue weighted by Gasteiger charge is -2.13. The molecule has 124 valence electrons. The zero-order chi connectivity index (χ0) is 17.1. The number of Topliss-reactive ketones (excluding diaryl/α,β-unsaturated/α-hetero) is 1. The minimum absolute atomic E-state index is 0.0808. The standard InChI is InChI=1S/C20H20O4/c1-13(24-20(23)16-7-5-14(12-21)6-8-16)19(22)18-10-9-15-3-2-4-17(15)11-18/h5-11,13,21H,2-4,12H2,1H3/t13-/m0/s1. The van der Waals surface area contributed by atoms with E-state index in [1.807, 2.05) is 18.2 Å². The molecule has 1 N–H and O–H groups in total. The second-order valence-corrected chi connectivity index (χ2v) is 6.10. The van der Waals surface area contributed by atoms with E-state index in [1.165, 1.54) is 11.1 Å². The Labute approximate surface area is 141 Å². The first-order valence-electron chi connectivity index (χ1n) is 8.15. The van der Waals surface area contributed by atoms with Crippen LogP contribution >= 0.6 is 0 Å². The predicted octanol–water partition coefficient (Wildman–Crippen LogP) is 3.10. The number of ether oxygens (including phenoxy) is 1. The summed E-state index contributed by atoms with van der Waals surface area (Å²) in [5.41, 5.74) is 4.19. The Morgan fingerprint density at radius 3 is 2.42 bits per heavy atom. The van der Waals surface area contributed by atoms with Gasteiger partial charge in [0.05, 0.1) is 12.2 Å². The smallest absolute Gasteiger partial charge is 0.338 e. The van der Waals surface area contributed by atoms with Gasteiger partial charge in [-0.05, 0) is 61.1 Å². The van der Waals surface area contributed by atoms with Crippen molar-refractivity contribution in [3.05, 3.63) is 70.3 Å². The topological polar surface area (TPSA) is 63.6 Å². The third-order valence-corrected chi connectivity index (χ3v) is 4.41. The van der Waals surface area contributed by atoms with Gasteiger partial charge in [-0.2, -0.15) is 0 Å². The molecule has 0 aliphatic heterocycles. The van der Waals surface area contributed by atoms with Crippen molar-refractivity contribution in [2.45, 2.75) is 38.9 Å². The molecule has 1 aliphatic rings. The van der Waals surface area contributed by atoms with Gasteiger partial charge < -0.3 is 9.84 Å². The molecule has 2 aromatic rings. The Hall–Kier alpha value is -2.46. The molecule has 0 fully saturated rings. The largest absolute Gasteiger partial charge is 0.451 e. The fraction of sp³-hybridized carbons (Fsp3) is 0.300. The number of esters is 1. The molecule has 0 spiro atoms. The lowest BCUT2D eigenvalue weighted by molar-refractivity contribution is 0.0318. The average Bonchev–Trinajstić information content (AvgIpc) is 3.08. The van der Waals surface area contributed by atoms with Gasteiger partial charge in [-0.15, -0.1) is 0 Å². The molecule has 0 bridgehead atoms. The minimum Gasteiger partial charge on any atom is -0.451 e. The monoisotopic (exact) mass is 324 g/mol. The van der Waals surface area contributed by atoms with Crippen molar-refractivity contribution in [3.8, 4) is 0 Å². The lowest BCUT2D eigenvalue weighted by Crippen LogP contribution is -2.24. The Kier molecular flexibility index (Phi) is 4.76. The number of aliphatic hydroxyl groups is 1. The van der Waals surface area contributed by atoms with Crippen molar-refractivity contribution in [2.24, 2.45) is 0 Å². The third-order valence-electron chi connectivity index (χ3n) is 4.41. The van der Waals surface area contributed by atoms with Crippen LogP contribution in [0.15, 0.2) is 42.5 Å². The van der Waals surface area contributed by atoms with E-state index in [0.717, 1.165) is 19.3 Å². The van der Waals surface area contributed by atoms with Gasteiger partial charge in [0.1, 0.15) is 0 Å². The van der Waals surface area contributed by atoms with E-state index < -0.39 is 12.1 Å². The summed E-state index contributed by atoms with van der Waals surface area (Å²) in [5.74, 6) is -0.730. The van der Waals surface area contributed by atoms with Crippen molar-refractivity contribution >= 4 is 11.8 Å². The summed E-state index contributed by atoms with van der Waals surface area (Å²) in [7, 11) is 0. The first-order chi connectivity index (χ1) is 11.6. The van der Waals surface area contributed by atoms with Gasteiger partial charge in [0.2, 0.25) is 5.78 Å². The summed E-state index contributed by atoms with van der Waals surface area (Å²) in [6.45, 7) is 1.51. The Morgan fingerprint density at radius 1 is 1.04 bits per heavy atom. The van der Waals surface area contributed by atoms with Gasteiger partial charge in [0, 0.05) is 5.56 Å². The number of carbonyl (C=O) groups excluding carboxylic acids is 2. The molecule has 3 rings (SSSR count). The summed E-state index contributed by atoms with van der Waals surface area (Å²) >= 11 is 0. The molecule has 0 amide bonds. The normalized spacial score (nSPS) is 14.1. The van der Waals surface area contributed by atoms with Crippen LogP contribution in [-0.2, 0) is 24.2 Å². The Balaban J connectivity index is 1.68. The number of aryl methyl sites for hydroxylation is 2. The molecule has 24 heavy (non-hydrogen) atoms. The molecule has 1 atom stereocenters. The lowest BCUT2D eigenvalue weighted by atomic mass is 10.0. The predicted molar refractivity (Wildman–Crippen MR) is 90.0 cm³/mol. The van der Waals surface area contributed by atoms with Crippen LogP contribution in [0, 0.1) is 0 Å². The van der Waals surface area contributed by atoms with Crippen LogP contribution < -0.4 is 0 Å². The quantitative estimate of drug-likeness (QED) is 0.678. The SMILES string of the molecule is C[C@H](OC(=O)c1ccc(CO)cc1)C(=O)c1ccc2c(c1)CCC2. The highest BCUT2D eigenvalue weighted by molar-refractivity contribution is 6.01. The molecular weight excluding hydrogens is 304 g/mol. The summed E-state index contributed by atoms with van der Waals surface area (Å²) in [5, 5.41) is 9.02. The van der Waals surface area contributed by atoms with E-state index in [0.29, 0.717) is 16.7 Å². The molecule has 0 radical (unpaired) electrons. The minimum atomic E-state index is -0.838. The van der Waals surface area contributed by atoms with Crippen LogP contribution in [0.3, 0.4) is 0 Å². The van der Waals surface area contributed by atoms with Crippen molar-refractivity contribution < 1.29 is 19.4 Å². The van der Waals surface area contributed by atoms with Gasteiger partial charge in [-0.3, -0.25) is 4.79 Å². The van der Waals surface area contributed by atoms with Gasteiger partial charge in [-0.25, -0.2) is 4.79 Å². The first-order valence-corrected chi connectivity index (χ1v) is 8.15. The number of hydrogen-bond acceptors (Lipinski definition) is 4. The van der Waals surface area contributed by atoms with Crippen LogP contribution in [-0.4, -0.2) is 23.0 Å². The zero-order valence-corrected chi connectivity index (χ0v) is 13.6. The number of benzene rings is 2. The van der Waals surface area contributed by atoms with E-state index >= 15 is 0 Å². The van der Waals surface area contributed by atoms with Crippen LogP contribution in [0.4, 0.5) is 0 Å². The van der Waals surface area contributed by atoms with Crippen LogP contribution in [0.5, 0.6) is 0 Å². The van der Waals surface area contributed by atoms with Crippen LogP contribution in [0.25, 0.3) is 0 Å². The number of fused-ring (bicyclic) bond motifs is 1. The molecule has 0 unspecified atom stereocenters. The van der Waals surface area contributed by atoms with Gasteiger partial charge in [0.25, 0.3) is 0 Å². The molecule has 0 saturated heterocycles. The number of rotatable bonds is 5. The highest BCUT2D eigenvalue weighted by Crippen LogP contribution is 2.23. The molecule has 4 heteroatoms. The summed E-state index contributed by atoms with van der Waals surface area (Å²) in [4.78, 5) is 24.6. The van der Waals surface area contributed by atoms with Crippen molar-refractivity contribution in [1.29, 1.82) is 0 Å². The van der Waals surface area contributed by atoms with Gasteiger partial charge in [0.15, 0.2) is 6.10 Å². The van der Waals surface area contributed by atoms with Crippen LogP contribution in [0.1, 0.15) is 50.8 Å². The molecule has 1 aliphatic carbocycles. The van der Waals surface area contributed by atoms with Crippen LogP contribution in [0.2, 0.25) is 0 Å². The maximum Gasteiger partial charge on any atom is 0.338 e. The molecular formula is C20H20O4. The maximum absolute atomic E-state index is 12.5. The van der Waals surface area contributed by atoms with E-state index in [4.69, 9.17) is 9.84 Å². The number of ketones is 1. The van der Waals surface area contributed by atoms with Crippen molar-refractivity contribution in [2.75, 3.05) is 0 Å². The highest BCUT2D eigenvalue weighted by atomic mass is 16.5. The summed E-state index contributed by atoms with van der Waals surface area (Å²) < 4.78 is 5.29. The fourth-order valence-electron chi connectivity index (χ4n) is 2.99. The number of hydrogen-bond donors (Lipinski definition) is 1. The molecule has 2 aromatic carbocycles. The third kappa shape index (κ3) is 3.39. The molecule has 4 nitrogen and oxygen atoms in total. The van der Waals surface area contributed by atoms with E-state index in [-0.39, 0.29) is 12.4 Å². The van der Waals surface area contributed by atoms with Gasteiger partial charge >= 0.3 is 5.97 Å². The second-order valence-electron chi connectivity index (χ2n) is 6.10. The summed E-state index contributed by atoms with van der Waals surface area (Å²) in [6.07, 6.45) is 2.36. The number of carbonyl (C=O) groups is 2. The average molecular weight is 324 g/mol. The fourth-order valence-corrected chi connectivity index (χ4v) is 2.99. The molecule has 0 heterocycles. The van der Waals surface area contributed by atoms with Gasteiger partial charge in [-0.1, -0.05) is 24.3 Å². The zero-order valence-electron chi connectivity index (χ0n) is 13.6. The Morgan fingerprint density at radius 2 is 1.71 bits per heavy atom. The summed E-state index contributed by atoms with van der Waals surface area (Å²) in [6, 6.07) is 12.2. The van der Waals surface area contributed by atoms with E-state index in [1.54, 1.807) is 31.2 Å². The highest BCUT2D eigenvalue weighted by Gasteiger charge is 2.22. The van der Waals surface area contributed by atoms with E-state index in [9.17, 15) is 9.59 Å². The maximum atomic E-state index is 12.5. The second kappa shape index (κ2) is 6.97. The number of aliphatic hydroxyl groups excluding tert-OH is 1. The van der Waals surface area contributed by atoms with E-state index in [2.05, 4.69) is 0 Å². The molecule has 0 aromatic heterocycles. The molecule has 0 saturated carbocycles.